The molecular formula is C21H32ClN3O2. The third kappa shape index (κ3) is 5.37. The van der Waals surface area contributed by atoms with Crippen molar-refractivity contribution < 1.29 is 9.53 Å². The molecule has 3 aliphatic heterocycles. The van der Waals surface area contributed by atoms with Crippen LogP contribution in [0.5, 0.6) is 5.75 Å². The molecule has 3 aliphatic rings. The van der Waals surface area contributed by atoms with Gasteiger partial charge in [0.25, 0.3) is 0 Å². The summed E-state index contributed by atoms with van der Waals surface area (Å²) >= 11 is 0. The first-order chi connectivity index (χ1) is 12.8. The molecule has 0 saturated carbocycles. The van der Waals surface area contributed by atoms with Crippen LogP contribution in [0.15, 0.2) is 18.2 Å². The maximum atomic E-state index is 12.2. The predicted octanol–water partition coefficient (Wildman–Crippen LogP) is 2.17. The van der Waals surface area contributed by atoms with Crippen LogP contribution in [-0.4, -0.2) is 56.2 Å². The largest absolute Gasteiger partial charge is 0.493 e. The van der Waals surface area contributed by atoms with Crippen LogP contribution in [0, 0.1) is 5.92 Å². The van der Waals surface area contributed by atoms with Crippen LogP contribution in [0.2, 0.25) is 0 Å². The highest BCUT2D eigenvalue weighted by Crippen LogP contribution is 2.26. The summed E-state index contributed by atoms with van der Waals surface area (Å²) in [4.78, 5) is 14.7. The number of carbonyl (C=O) groups excluding carboxylic acids is 1. The van der Waals surface area contributed by atoms with Gasteiger partial charge in [0.05, 0.1) is 12.6 Å². The number of hydrogen-bond acceptors (Lipinski definition) is 4. The number of benzene rings is 1. The first-order valence-corrected chi connectivity index (χ1v) is 10.3. The number of nitrogens with one attached hydrogen (secondary N) is 2. The van der Waals surface area contributed by atoms with Crippen molar-refractivity contribution in [1.82, 2.24) is 15.5 Å². The van der Waals surface area contributed by atoms with E-state index in [4.69, 9.17) is 4.74 Å². The Balaban J connectivity index is 0.00000210. The molecule has 2 atom stereocenters. The van der Waals surface area contributed by atoms with Crippen molar-refractivity contribution in [2.75, 3.05) is 39.3 Å². The van der Waals surface area contributed by atoms with Gasteiger partial charge >= 0.3 is 0 Å². The molecule has 2 unspecified atom stereocenters. The number of nitrogens with zero attached hydrogens (tertiary/aromatic N) is 1. The summed E-state index contributed by atoms with van der Waals surface area (Å²) in [7, 11) is 0. The molecule has 150 valence electrons. The summed E-state index contributed by atoms with van der Waals surface area (Å²) in [5, 5.41) is 6.45. The molecular weight excluding hydrogens is 362 g/mol. The van der Waals surface area contributed by atoms with Gasteiger partial charge in [0, 0.05) is 26.1 Å². The fourth-order valence-corrected chi connectivity index (χ4v) is 4.48. The van der Waals surface area contributed by atoms with E-state index in [0.29, 0.717) is 5.92 Å². The van der Waals surface area contributed by atoms with Crippen molar-refractivity contribution >= 4 is 18.3 Å². The number of rotatable bonds is 6. The Morgan fingerprint density at radius 1 is 1.30 bits per heavy atom. The number of fused-ring (bicyclic) bond motifs is 1. The first-order valence-electron chi connectivity index (χ1n) is 10.3. The molecule has 0 aromatic heterocycles. The zero-order valence-corrected chi connectivity index (χ0v) is 16.9. The smallest absolute Gasteiger partial charge is 0.237 e. The first kappa shape index (κ1) is 20.4. The van der Waals surface area contributed by atoms with Crippen molar-refractivity contribution in [2.45, 2.75) is 44.6 Å². The average molecular weight is 394 g/mol. The summed E-state index contributed by atoms with van der Waals surface area (Å²) in [6.07, 6.45) is 6.70. The fourth-order valence-electron chi connectivity index (χ4n) is 4.48. The summed E-state index contributed by atoms with van der Waals surface area (Å²) < 4.78 is 5.60. The van der Waals surface area contributed by atoms with E-state index in [1.807, 2.05) is 0 Å². The van der Waals surface area contributed by atoms with E-state index in [1.165, 1.54) is 30.5 Å². The van der Waals surface area contributed by atoms with Crippen molar-refractivity contribution in [1.29, 1.82) is 0 Å². The molecule has 1 aromatic carbocycles. The number of ether oxygens (including phenoxy) is 1. The van der Waals surface area contributed by atoms with Gasteiger partial charge in [-0.3, -0.25) is 4.79 Å². The second-order valence-electron chi connectivity index (χ2n) is 7.99. The third-order valence-corrected chi connectivity index (χ3v) is 6.02. The molecule has 2 saturated heterocycles. The van der Waals surface area contributed by atoms with Crippen molar-refractivity contribution in [3.05, 3.63) is 29.3 Å². The molecule has 1 aromatic rings. The Morgan fingerprint density at radius 2 is 2.22 bits per heavy atom. The topological polar surface area (TPSA) is 53.6 Å². The van der Waals surface area contributed by atoms with Crippen molar-refractivity contribution in [2.24, 2.45) is 5.92 Å². The molecule has 0 aliphatic carbocycles. The Hall–Kier alpha value is -1.30. The predicted molar refractivity (Wildman–Crippen MR) is 110 cm³/mol. The number of likely N-dealkylation sites (tertiary alicyclic amines) is 1. The maximum Gasteiger partial charge on any atom is 0.237 e. The molecule has 4 rings (SSSR count). The molecule has 1 amide bonds. The Labute approximate surface area is 168 Å². The van der Waals surface area contributed by atoms with E-state index in [9.17, 15) is 4.79 Å². The molecule has 5 nitrogen and oxygen atoms in total. The van der Waals surface area contributed by atoms with Gasteiger partial charge in [-0.25, -0.2) is 0 Å². The molecule has 3 heterocycles. The highest BCUT2D eigenvalue weighted by atomic mass is 35.5. The summed E-state index contributed by atoms with van der Waals surface area (Å²) in [6, 6.07) is 6.70. The number of halogens is 1. The highest BCUT2D eigenvalue weighted by Gasteiger charge is 2.24. The Kier molecular flexibility index (Phi) is 7.39. The second kappa shape index (κ2) is 9.76. The van der Waals surface area contributed by atoms with Crippen molar-refractivity contribution in [3.63, 3.8) is 0 Å². The zero-order valence-electron chi connectivity index (χ0n) is 16.0. The standard InChI is InChI=1S/C21H31N3O2.ClH/c25-21(19-4-1-9-22-19)23-14-17-3-2-10-24(15-17)11-7-16-5-6-20-18(13-16)8-12-26-20;/h5-6,13,17,19,22H,1-4,7-12,14-15H2,(H,23,25);1H. The number of piperidine rings is 1. The minimum Gasteiger partial charge on any atom is -0.493 e. The van der Waals surface area contributed by atoms with Crippen LogP contribution < -0.4 is 15.4 Å². The minimum absolute atomic E-state index is 0. The second-order valence-corrected chi connectivity index (χ2v) is 7.99. The SMILES string of the molecule is Cl.O=C(NCC1CCCN(CCc2ccc3c(c2)CCO3)C1)C1CCCN1. The van der Waals surface area contributed by atoms with Crippen LogP contribution in [0.1, 0.15) is 36.8 Å². The molecule has 2 fully saturated rings. The molecule has 0 bridgehead atoms. The lowest BCUT2D eigenvalue weighted by Crippen LogP contribution is -2.45. The highest BCUT2D eigenvalue weighted by molar-refractivity contribution is 5.85. The van der Waals surface area contributed by atoms with Crippen LogP contribution in [0.25, 0.3) is 0 Å². The lowest BCUT2D eigenvalue weighted by molar-refractivity contribution is -0.123. The number of hydrogen-bond donors (Lipinski definition) is 2. The van der Waals surface area contributed by atoms with Crippen LogP contribution >= 0.6 is 12.4 Å². The fraction of sp³-hybridized carbons (Fsp3) is 0.667. The lowest BCUT2D eigenvalue weighted by atomic mass is 9.97. The molecule has 6 heteroatoms. The van der Waals surface area contributed by atoms with Gasteiger partial charge in [-0.2, -0.15) is 0 Å². The van der Waals surface area contributed by atoms with Crippen LogP contribution in [0.4, 0.5) is 0 Å². The zero-order chi connectivity index (χ0) is 17.8. The van der Waals surface area contributed by atoms with Crippen LogP contribution in [-0.2, 0) is 17.6 Å². The third-order valence-electron chi connectivity index (χ3n) is 6.02. The monoisotopic (exact) mass is 393 g/mol. The van der Waals surface area contributed by atoms with Gasteiger partial charge in [0.1, 0.15) is 5.75 Å². The van der Waals surface area contributed by atoms with E-state index in [0.717, 1.165) is 64.2 Å². The molecule has 2 N–H and O–H groups in total. The van der Waals surface area contributed by atoms with Gasteiger partial charge in [-0.05, 0) is 68.3 Å². The van der Waals surface area contributed by atoms with E-state index in [1.54, 1.807) is 0 Å². The van der Waals surface area contributed by atoms with Gasteiger partial charge < -0.3 is 20.3 Å². The number of carbonyl (C=O) groups is 1. The van der Waals surface area contributed by atoms with Gasteiger partial charge in [-0.1, -0.05) is 12.1 Å². The van der Waals surface area contributed by atoms with Gasteiger partial charge in [-0.15, -0.1) is 12.4 Å². The molecule has 27 heavy (non-hydrogen) atoms. The lowest BCUT2D eigenvalue weighted by Gasteiger charge is -2.33. The van der Waals surface area contributed by atoms with Gasteiger partial charge in [0.15, 0.2) is 0 Å². The normalized spacial score (nSPS) is 24.7. The average Bonchev–Trinajstić information content (AvgIpc) is 3.36. The quantitative estimate of drug-likeness (QED) is 0.777. The summed E-state index contributed by atoms with van der Waals surface area (Å²) in [6.45, 7) is 6.02. The van der Waals surface area contributed by atoms with E-state index < -0.39 is 0 Å². The Bertz CT molecular complexity index is 634. The van der Waals surface area contributed by atoms with E-state index in [2.05, 4.69) is 33.7 Å². The Morgan fingerprint density at radius 3 is 3.07 bits per heavy atom. The summed E-state index contributed by atoms with van der Waals surface area (Å²) in [5.74, 6) is 1.85. The molecule has 0 radical (unpaired) electrons. The van der Waals surface area contributed by atoms with E-state index in [-0.39, 0.29) is 24.4 Å². The van der Waals surface area contributed by atoms with Crippen LogP contribution in [0.3, 0.4) is 0 Å². The van der Waals surface area contributed by atoms with E-state index >= 15 is 0 Å². The minimum atomic E-state index is 0. The van der Waals surface area contributed by atoms with Gasteiger partial charge in [0.2, 0.25) is 5.91 Å². The van der Waals surface area contributed by atoms with Crippen molar-refractivity contribution in [3.8, 4) is 5.75 Å². The summed E-state index contributed by atoms with van der Waals surface area (Å²) in [5.41, 5.74) is 2.78. The molecule has 0 spiro atoms. The number of amides is 1. The maximum absolute atomic E-state index is 12.2.